The van der Waals surface area contributed by atoms with Gasteiger partial charge in [0.15, 0.2) is 0 Å². The van der Waals surface area contributed by atoms with Gasteiger partial charge in [-0.05, 0) is 55.9 Å². The fourth-order valence-corrected chi connectivity index (χ4v) is 3.61. The summed E-state index contributed by atoms with van der Waals surface area (Å²) in [6.07, 6.45) is 7.25. The van der Waals surface area contributed by atoms with E-state index in [1.807, 2.05) is 0 Å². The zero-order valence-corrected chi connectivity index (χ0v) is 11.6. The molecule has 2 rings (SSSR count). The minimum absolute atomic E-state index is 0.531. The van der Waals surface area contributed by atoms with Crippen LogP contribution >= 0.6 is 0 Å². The molecule has 1 nitrogen and oxygen atoms in total. The average molecular weight is 223 g/mol. The molecule has 0 bridgehead atoms. The molecule has 0 radical (unpaired) electrons. The Kier molecular flexibility index (Phi) is 3.63. The number of likely N-dealkylation sites (tertiary alicyclic amines) is 1. The van der Waals surface area contributed by atoms with Crippen molar-refractivity contribution in [3.63, 3.8) is 0 Å². The lowest BCUT2D eigenvalue weighted by molar-refractivity contribution is 0.108. The summed E-state index contributed by atoms with van der Waals surface area (Å²) < 4.78 is 0. The molecule has 1 aliphatic carbocycles. The van der Waals surface area contributed by atoms with Crippen molar-refractivity contribution in [1.82, 2.24) is 4.90 Å². The highest BCUT2D eigenvalue weighted by Crippen LogP contribution is 2.39. The predicted molar refractivity (Wildman–Crippen MR) is 70.6 cm³/mol. The van der Waals surface area contributed by atoms with E-state index in [1.165, 1.54) is 45.2 Å². The van der Waals surface area contributed by atoms with Crippen LogP contribution in [0.1, 0.15) is 59.8 Å². The van der Waals surface area contributed by atoms with Crippen LogP contribution in [0.5, 0.6) is 0 Å². The number of hydrogen-bond donors (Lipinski definition) is 0. The first kappa shape index (κ1) is 12.4. The summed E-state index contributed by atoms with van der Waals surface area (Å²) in [5.41, 5.74) is 0.531. The second-order valence-corrected chi connectivity index (χ2v) is 7.26. The Balaban J connectivity index is 1.81. The zero-order valence-electron chi connectivity index (χ0n) is 11.6. The molecule has 0 aromatic rings. The lowest BCUT2D eigenvalue weighted by atomic mass is 9.71. The Bertz CT molecular complexity index is 220. The van der Waals surface area contributed by atoms with Crippen molar-refractivity contribution in [3.05, 3.63) is 0 Å². The van der Waals surface area contributed by atoms with Gasteiger partial charge in [-0.1, -0.05) is 27.7 Å². The molecule has 1 heterocycles. The van der Waals surface area contributed by atoms with E-state index >= 15 is 0 Å². The second-order valence-electron chi connectivity index (χ2n) is 7.26. The maximum absolute atomic E-state index is 2.77. The first-order valence-electron chi connectivity index (χ1n) is 7.21. The molecule has 16 heavy (non-hydrogen) atoms. The summed E-state index contributed by atoms with van der Waals surface area (Å²) in [4.78, 5) is 2.77. The van der Waals surface area contributed by atoms with Crippen LogP contribution in [0.15, 0.2) is 0 Å². The van der Waals surface area contributed by atoms with E-state index in [2.05, 4.69) is 32.6 Å². The minimum atomic E-state index is 0.531. The first-order valence-corrected chi connectivity index (χ1v) is 7.21. The van der Waals surface area contributed by atoms with Gasteiger partial charge < -0.3 is 4.90 Å². The van der Waals surface area contributed by atoms with Crippen molar-refractivity contribution in [2.24, 2.45) is 17.3 Å². The van der Waals surface area contributed by atoms with Gasteiger partial charge in [-0.3, -0.25) is 0 Å². The third-order valence-electron chi connectivity index (χ3n) is 4.89. The molecule has 1 atom stereocenters. The van der Waals surface area contributed by atoms with Gasteiger partial charge in [-0.25, -0.2) is 0 Å². The summed E-state index contributed by atoms with van der Waals surface area (Å²) in [7, 11) is 0. The quantitative estimate of drug-likeness (QED) is 0.651. The van der Waals surface area contributed by atoms with Crippen molar-refractivity contribution in [2.45, 2.75) is 65.8 Å². The highest BCUT2D eigenvalue weighted by atomic mass is 15.2. The zero-order chi connectivity index (χ0) is 11.8. The maximum Gasteiger partial charge on any atom is 0.00955 e. The van der Waals surface area contributed by atoms with Crippen LogP contribution in [0.25, 0.3) is 0 Å². The summed E-state index contributed by atoms with van der Waals surface area (Å²) in [6, 6.07) is 0.920. The van der Waals surface area contributed by atoms with Gasteiger partial charge in [0.05, 0.1) is 0 Å². The molecule has 0 aromatic carbocycles. The van der Waals surface area contributed by atoms with Gasteiger partial charge in [-0.15, -0.1) is 0 Å². The van der Waals surface area contributed by atoms with E-state index in [9.17, 15) is 0 Å². The molecule has 1 saturated carbocycles. The smallest absolute Gasteiger partial charge is 0.00955 e. The fraction of sp³-hybridized carbons (Fsp3) is 1.00. The Hall–Kier alpha value is -0.0400. The summed E-state index contributed by atoms with van der Waals surface area (Å²) in [6.45, 7) is 12.4. The summed E-state index contributed by atoms with van der Waals surface area (Å²) in [5, 5.41) is 0. The standard InChI is InChI=1S/C15H29N/c1-12-9-10-16(11-12)14-7-5-13(6-8-14)15(2,3)4/h12-14H,5-11H2,1-4H3. The molecule has 0 aromatic heterocycles. The van der Waals surface area contributed by atoms with Gasteiger partial charge in [0.2, 0.25) is 0 Å². The highest BCUT2D eigenvalue weighted by Gasteiger charge is 2.33. The van der Waals surface area contributed by atoms with Crippen molar-refractivity contribution < 1.29 is 0 Å². The van der Waals surface area contributed by atoms with Crippen molar-refractivity contribution in [1.29, 1.82) is 0 Å². The van der Waals surface area contributed by atoms with E-state index in [-0.39, 0.29) is 0 Å². The molecule has 1 aliphatic heterocycles. The van der Waals surface area contributed by atoms with E-state index < -0.39 is 0 Å². The van der Waals surface area contributed by atoms with Gasteiger partial charge in [-0.2, -0.15) is 0 Å². The van der Waals surface area contributed by atoms with Crippen LogP contribution < -0.4 is 0 Å². The predicted octanol–water partition coefficient (Wildman–Crippen LogP) is 3.93. The number of rotatable bonds is 1. The molecule has 2 fully saturated rings. The molecule has 1 heteroatoms. The molecule has 0 amide bonds. The van der Waals surface area contributed by atoms with Crippen LogP contribution in [-0.2, 0) is 0 Å². The first-order chi connectivity index (χ1) is 7.47. The Morgan fingerprint density at radius 3 is 2.00 bits per heavy atom. The van der Waals surface area contributed by atoms with Crippen LogP contribution in [0.3, 0.4) is 0 Å². The number of hydrogen-bond acceptors (Lipinski definition) is 1. The summed E-state index contributed by atoms with van der Waals surface area (Å²) >= 11 is 0. The fourth-order valence-electron chi connectivity index (χ4n) is 3.61. The molecule has 2 aliphatic rings. The van der Waals surface area contributed by atoms with Crippen molar-refractivity contribution in [3.8, 4) is 0 Å². The SMILES string of the molecule is CC1CCN(C2CCC(C(C)(C)C)CC2)C1. The van der Waals surface area contributed by atoms with Crippen molar-refractivity contribution >= 4 is 0 Å². The molecule has 1 saturated heterocycles. The second kappa shape index (κ2) is 4.68. The Morgan fingerprint density at radius 1 is 0.938 bits per heavy atom. The molecule has 0 N–H and O–H groups in total. The van der Waals surface area contributed by atoms with Gasteiger partial charge in [0, 0.05) is 12.6 Å². The van der Waals surface area contributed by atoms with Gasteiger partial charge >= 0.3 is 0 Å². The lowest BCUT2D eigenvalue weighted by Crippen LogP contribution is -2.38. The van der Waals surface area contributed by atoms with Crippen molar-refractivity contribution in [2.75, 3.05) is 13.1 Å². The van der Waals surface area contributed by atoms with E-state index in [0.29, 0.717) is 5.41 Å². The van der Waals surface area contributed by atoms with Crippen LogP contribution in [-0.4, -0.2) is 24.0 Å². The van der Waals surface area contributed by atoms with E-state index in [1.54, 1.807) is 0 Å². The average Bonchev–Trinajstić information content (AvgIpc) is 2.64. The molecular weight excluding hydrogens is 194 g/mol. The van der Waals surface area contributed by atoms with E-state index in [4.69, 9.17) is 0 Å². The van der Waals surface area contributed by atoms with Crippen LogP contribution in [0, 0.1) is 17.3 Å². The van der Waals surface area contributed by atoms with Crippen LogP contribution in [0.4, 0.5) is 0 Å². The monoisotopic (exact) mass is 223 g/mol. The number of nitrogens with zero attached hydrogens (tertiary/aromatic N) is 1. The molecule has 0 spiro atoms. The Labute approximate surface area is 102 Å². The normalized spacial score (nSPS) is 37.9. The third kappa shape index (κ3) is 2.80. The van der Waals surface area contributed by atoms with Crippen LogP contribution in [0.2, 0.25) is 0 Å². The Morgan fingerprint density at radius 2 is 1.56 bits per heavy atom. The largest absolute Gasteiger partial charge is 0.300 e. The molecule has 94 valence electrons. The topological polar surface area (TPSA) is 3.24 Å². The molecule has 1 unspecified atom stereocenters. The minimum Gasteiger partial charge on any atom is -0.300 e. The van der Waals surface area contributed by atoms with E-state index in [0.717, 1.165) is 17.9 Å². The summed E-state index contributed by atoms with van der Waals surface area (Å²) in [5.74, 6) is 1.91. The van der Waals surface area contributed by atoms with Gasteiger partial charge in [0.25, 0.3) is 0 Å². The van der Waals surface area contributed by atoms with Gasteiger partial charge in [0.1, 0.15) is 0 Å². The molecular formula is C15H29N. The maximum atomic E-state index is 2.77. The lowest BCUT2D eigenvalue weighted by Gasteiger charge is -2.40. The highest BCUT2D eigenvalue weighted by molar-refractivity contribution is 4.87. The third-order valence-corrected chi connectivity index (χ3v) is 4.89.